The number of ketones is 4. The number of rotatable bonds is 16. The number of phenols is 4. The zero-order chi connectivity index (χ0) is 42.9. The highest BCUT2D eigenvalue weighted by Crippen LogP contribution is 2.47. The van der Waals surface area contributed by atoms with Crippen LogP contribution in [0.4, 0.5) is 22.7 Å². The van der Waals surface area contributed by atoms with Crippen molar-refractivity contribution in [2.75, 3.05) is 86.0 Å². The number of anilines is 4. The van der Waals surface area contributed by atoms with Gasteiger partial charge in [-0.1, -0.05) is 0 Å². The number of benzene rings is 4. The maximum absolute atomic E-state index is 14.4. The van der Waals surface area contributed by atoms with E-state index in [0.29, 0.717) is 101 Å². The number of aliphatic hydroxyl groups excluding tert-OH is 2. The van der Waals surface area contributed by atoms with Crippen molar-refractivity contribution in [3.63, 3.8) is 0 Å². The fourth-order valence-corrected chi connectivity index (χ4v) is 8.94. The second kappa shape index (κ2) is 19.8. The molecule has 4 aliphatic rings. The molecular formula is C44H50Cl2N6O11. The van der Waals surface area contributed by atoms with Crippen LogP contribution < -0.4 is 31.1 Å². The van der Waals surface area contributed by atoms with Crippen LogP contribution in [0, 0.1) is 0 Å². The Balaban J connectivity index is 0.00000330. The number of hydrogen-bond donors (Lipinski definition) is 10. The molecule has 0 radical (unpaired) electrons. The highest BCUT2D eigenvalue weighted by molar-refractivity contribution is 6.34. The molecule has 2 heterocycles. The van der Waals surface area contributed by atoms with Crippen LogP contribution in [0.3, 0.4) is 0 Å². The minimum absolute atomic E-state index is 0. The lowest BCUT2D eigenvalue weighted by molar-refractivity contribution is 0.0000642. The molecular weight excluding hydrogens is 859 g/mol. The largest absolute Gasteiger partial charge is 0.507 e. The average Bonchev–Trinajstić information content (AvgIpc) is 3.92. The smallest absolute Gasteiger partial charge is 0.200 e. The van der Waals surface area contributed by atoms with E-state index in [0.717, 1.165) is 0 Å². The van der Waals surface area contributed by atoms with E-state index >= 15 is 0 Å². The van der Waals surface area contributed by atoms with E-state index in [4.69, 9.17) is 14.9 Å². The van der Waals surface area contributed by atoms with Crippen molar-refractivity contribution < 1.29 is 54.6 Å². The van der Waals surface area contributed by atoms with E-state index in [-0.39, 0.29) is 82.5 Å². The van der Waals surface area contributed by atoms with Crippen LogP contribution in [0.15, 0.2) is 48.5 Å². The molecule has 0 saturated carbocycles. The van der Waals surface area contributed by atoms with Crippen LogP contribution in [-0.2, 0) is 4.74 Å². The molecule has 0 aromatic heterocycles. The van der Waals surface area contributed by atoms with Gasteiger partial charge in [0.2, 0.25) is 23.1 Å². The first-order chi connectivity index (χ1) is 29.6. The van der Waals surface area contributed by atoms with Gasteiger partial charge < -0.3 is 66.4 Å². The summed E-state index contributed by atoms with van der Waals surface area (Å²) in [7, 11) is 0. The summed E-state index contributed by atoms with van der Waals surface area (Å²) in [6.45, 7) is 3.16. The maximum atomic E-state index is 14.4. The Kier molecular flexibility index (Phi) is 14.7. The number of hydrogen-bond acceptors (Lipinski definition) is 17. The van der Waals surface area contributed by atoms with E-state index in [1.807, 2.05) is 9.80 Å². The maximum Gasteiger partial charge on any atom is 0.200 e. The Bertz CT molecular complexity index is 2270. The van der Waals surface area contributed by atoms with Gasteiger partial charge in [0.25, 0.3) is 0 Å². The van der Waals surface area contributed by atoms with Gasteiger partial charge in [-0.15, -0.1) is 24.8 Å². The molecule has 2 fully saturated rings. The molecule has 2 unspecified atom stereocenters. The third-order valence-electron chi connectivity index (χ3n) is 11.6. The third-order valence-corrected chi connectivity index (χ3v) is 11.6. The topological polar surface area (TPSA) is 253 Å². The lowest BCUT2D eigenvalue weighted by Crippen LogP contribution is -2.42. The molecule has 10 N–H and O–H groups in total. The summed E-state index contributed by atoms with van der Waals surface area (Å²) in [6.07, 6.45) is 1.21. The van der Waals surface area contributed by atoms with E-state index < -0.39 is 58.6 Å². The minimum atomic E-state index is -0.634. The summed E-state index contributed by atoms with van der Waals surface area (Å²) in [5, 5.41) is 74.1. The first-order valence-electron chi connectivity index (χ1n) is 20.5. The van der Waals surface area contributed by atoms with Gasteiger partial charge in [0, 0.05) is 63.7 Å². The van der Waals surface area contributed by atoms with Gasteiger partial charge in [-0.3, -0.25) is 19.2 Å². The summed E-state index contributed by atoms with van der Waals surface area (Å²) >= 11 is 0. The molecule has 0 spiro atoms. The van der Waals surface area contributed by atoms with E-state index in [1.165, 1.54) is 24.3 Å². The van der Waals surface area contributed by atoms with Crippen molar-refractivity contribution >= 4 is 70.7 Å². The normalized spacial score (nSPS) is 17.4. The van der Waals surface area contributed by atoms with E-state index in [2.05, 4.69) is 21.3 Å². The van der Waals surface area contributed by atoms with Crippen LogP contribution >= 0.6 is 24.8 Å². The molecule has 63 heavy (non-hydrogen) atoms. The Morgan fingerprint density at radius 3 is 1.17 bits per heavy atom. The van der Waals surface area contributed by atoms with Crippen LogP contribution in [0.2, 0.25) is 0 Å². The second-order valence-electron chi connectivity index (χ2n) is 15.3. The molecule has 336 valence electrons. The molecule has 2 aliphatic heterocycles. The van der Waals surface area contributed by atoms with Crippen LogP contribution in [-0.4, -0.2) is 132 Å². The van der Waals surface area contributed by atoms with Gasteiger partial charge in [-0.2, -0.15) is 0 Å². The van der Waals surface area contributed by atoms with Gasteiger partial charge in [-0.25, -0.2) is 0 Å². The monoisotopic (exact) mass is 908 g/mol. The number of carbonyl (C=O) groups excluding carboxylic acids is 4. The number of aliphatic hydroxyl groups is 2. The highest BCUT2D eigenvalue weighted by atomic mass is 35.5. The van der Waals surface area contributed by atoms with Gasteiger partial charge in [-0.05, 0) is 74.2 Å². The molecule has 4 aromatic carbocycles. The number of halogens is 2. The van der Waals surface area contributed by atoms with Crippen LogP contribution in [0.1, 0.15) is 89.4 Å². The summed E-state index contributed by atoms with van der Waals surface area (Å²) in [6, 6.07) is 11.6. The van der Waals surface area contributed by atoms with Crippen molar-refractivity contribution in [1.82, 2.24) is 10.6 Å². The first-order valence-corrected chi connectivity index (χ1v) is 20.5. The van der Waals surface area contributed by atoms with Crippen molar-refractivity contribution in [2.45, 2.75) is 38.1 Å². The zero-order valence-corrected chi connectivity index (χ0v) is 35.7. The Labute approximate surface area is 374 Å². The van der Waals surface area contributed by atoms with Crippen LogP contribution in [0.25, 0.3) is 0 Å². The number of nitrogens with zero attached hydrogens (tertiary/aromatic N) is 2. The predicted octanol–water partition coefficient (Wildman–Crippen LogP) is 3.46. The second-order valence-corrected chi connectivity index (χ2v) is 15.3. The van der Waals surface area contributed by atoms with Crippen molar-refractivity contribution in [2.24, 2.45) is 0 Å². The van der Waals surface area contributed by atoms with Crippen LogP contribution in [0.5, 0.6) is 23.0 Å². The van der Waals surface area contributed by atoms with Gasteiger partial charge in [0.15, 0.2) is 0 Å². The predicted molar refractivity (Wildman–Crippen MR) is 239 cm³/mol. The van der Waals surface area contributed by atoms with Gasteiger partial charge in [0.05, 0.1) is 69.1 Å². The lowest BCUT2D eigenvalue weighted by atomic mass is 9.81. The number of carbonyl (C=O) groups is 4. The molecule has 2 saturated heterocycles. The number of aromatic hydroxyl groups is 4. The fraction of sp³-hybridized carbons (Fsp3) is 0.364. The highest BCUT2D eigenvalue weighted by Gasteiger charge is 2.44. The number of nitrogens with one attached hydrogen (secondary N) is 4. The third kappa shape index (κ3) is 8.45. The molecule has 0 amide bonds. The minimum Gasteiger partial charge on any atom is -0.507 e. The molecule has 4 aromatic rings. The number of ether oxygens (including phenoxy) is 1. The standard InChI is InChI=1S/C44H48N6O11.2ClH/c51-21-17-45-13-15-47-23-5-7-25(35-33(23)41(57)37-27(53)9-11-29(55)39(37)43(35)59)49-19-1-3-31(49)61-32-4-2-20-50(32)26-8-6-24(48-16-14-46-18-22-52)34-36(26)44(60)40-30(56)12-10-28(54)38(40)42(34)58;;/h5-12,31-32,45-48,51-56H,1-4,13-22H2;2*1H. The first kappa shape index (κ1) is 46.8. The molecule has 19 heteroatoms. The lowest BCUT2D eigenvalue weighted by Gasteiger charge is -2.36. The summed E-state index contributed by atoms with van der Waals surface area (Å²) in [4.78, 5) is 61.2. The molecule has 2 atom stereocenters. The Hall–Kier alpha value is -5.66. The summed E-state index contributed by atoms with van der Waals surface area (Å²) < 4.78 is 6.89. The molecule has 2 aliphatic carbocycles. The molecule has 0 bridgehead atoms. The SMILES string of the molecule is Cl.Cl.O=C1c2c(O)ccc(O)c2C(=O)c2c(N3CCCC3OC3CCCN3c3ccc(NCCNCCO)c4c3C(=O)c3c(O)ccc(O)c3C4=O)ccc(NCCNCCO)c21. The molecule has 8 rings (SSSR count). The van der Waals surface area contributed by atoms with E-state index in [9.17, 15) is 39.6 Å². The Morgan fingerprint density at radius 2 is 0.825 bits per heavy atom. The van der Waals surface area contributed by atoms with Crippen molar-refractivity contribution in [3.8, 4) is 23.0 Å². The van der Waals surface area contributed by atoms with Crippen molar-refractivity contribution in [1.29, 1.82) is 0 Å². The average molecular weight is 910 g/mol. The quantitative estimate of drug-likeness (QED) is 0.0493. The van der Waals surface area contributed by atoms with E-state index in [1.54, 1.807) is 24.3 Å². The van der Waals surface area contributed by atoms with Crippen molar-refractivity contribution in [3.05, 3.63) is 93.0 Å². The van der Waals surface area contributed by atoms with Gasteiger partial charge >= 0.3 is 0 Å². The number of fused-ring (bicyclic) bond motifs is 4. The van der Waals surface area contributed by atoms with Gasteiger partial charge in [0.1, 0.15) is 35.5 Å². The zero-order valence-electron chi connectivity index (χ0n) is 34.1. The number of phenolic OH excluding ortho intramolecular Hbond substituents is 4. The Morgan fingerprint density at radius 1 is 0.476 bits per heavy atom. The summed E-state index contributed by atoms with van der Waals surface area (Å²) in [5.74, 6) is -4.27. The fourth-order valence-electron chi connectivity index (χ4n) is 8.94. The summed E-state index contributed by atoms with van der Waals surface area (Å²) in [5.41, 5.74) is 0.605. The molecule has 17 nitrogen and oxygen atoms in total.